The van der Waals surface area contributed by atoms with Gasteiger partial charge in [0.1, 0.15) is 0 Å². The lowest BCUT2D eigenvalue weighted by atomic mass is 10.4. The number of hydrogen-bond acceptors (Lipinski definition) is 2. The van der Waals surface area contributed by atoms with Crippen LogP contribution in [0, 0.1) is 0 Å². The van der Waals surface area contributed by atoms with Crippen molar-refractivity contribution in [2.75, 3.05) is 18.8 Å². The summed E-state index contributed by atoms with van der Waals surface area (Å²) in [5.41, 5.74) is 0. The van der Waals surface area contributed by atoms with Crippen LogP contribution in [0.4, 0.5) is 0 Å². The molecule has 1 saturated heterocycles. The average molecular weight is 181 g/mol. The molecular weight excluding hydrogens is 162 g/mol. The lowest BCUT2D eigenvalue weighted by Gasteiger charge is -2.17. The summed E-state index contributed by atoms with van der Waals surface area (Å²) in [4.78, 5) is 0. The smallest absolute Gasteiger partial charge is 0.0444 e. The van der Waals surface area contributed by atoms with Gasteiger partial charge in [0.2, 0.25) is 0 Å². The molecule has 0 aromatic heterocycles. The standard InChI is InChI=1S/C5H11NOS.C2H6.H2O/c1-5-4-6-2-3-8(5)7;1-2;/h5-6H,2-4H2,1H3;1-2H3;1H2/t5-,8?;;/m1../s1. The molecule has 1 rings (SSSR count). The SMILES string of the molecule is CC.C[C@@H]1CNCCS1=O.O. The molecule has 0 spiro atoms. The van der Waals surface area contributed by atoms with Crippen LogP contribution in [0.3, 0.4) is 0 Å². The van der Waals surface area contributed by atoms with Crippen molar-refractivity contribution in [1.29, 1.82) is 0 Å². The molecule has 1 unspecified atom stereocenters. The second-order valence-electron chi connectivity index (χ2n) is 2.10. The van der Waals surface area contributed by atoms with Gasteiger partial charge in [-0.1, -0.05) is 13.8 Å². The first-order valence-corrected chi connectivity index (χ1v) is 5.27. The van der Waals surface area contributed by atoms with Crippen LogP contribution in [0.2, 0.25) is 0 Å². The predicted molar refractivity (Wildman–Crippen MR) is 50.3 cm³/mol. The van der Waals surface area contributed by atoms with Gasteiger partial charge < -0.3 is 10.8 Å². The molecule has 0 amide bonds. The maximum absolute atomic E-state index is 10.9. The normalized spacial score (nSPS) is 29.4. The van der Waals surface area contributed by atoms with Gasteiger partial charge in [-0.15, -0.1) is 0 Å². The Kier molecular flexibility index (Phi) is 10.1. The monoisotopic (exact) mass is 181 g/mol. The maximum atomic E-state index is 10.9. The van der Waals surface area contributed by atoms with Gasteiger partial charge in [-0.25, -0.2) is 0 Å². The maximum Gasteiger partial charge on any atom is 0.0444 e. The number of hydrogen-bond donors (Lipinski definition) is 1. The third-order valence-electron chi connectivity index (χ3n) is 1.36. The quantitative estimate of drug-likeness (QED) is 0.568. The zero-order valence-corrected chi connectivity index (χ0v) is 8.33. The van der Waals surface area contributed by atoms with Crippen molar-refractivity contribution >= 4 is 10.8 Å². The van der Waals surface area contributed by atoms with Crippen molar-refractivity contribution in [2.24, 2.45) is 0 Å². The first-order chi connectivity index (χ1) is 4.80. The van der Waals surface area contributed by atoms with E-state index in [1.54, 1.807) is 0 Å². The molecule has 3 N–H and O–H groups in total. The third-order valence-corrected chi connectivity index (χ3v) is 3.03. The van der Waals surface area contributed by atoms with Crippen molar-refractivity contribution < 1.29 is 9.69 Å². The minimum atomic E-state index is -0.547. The molecule has 0 saturated carbocycles. The fraction of sp³-hybridized carbons (Fsp3) is 1.00. The summed E-state index contributed by atoms with van der Waals surface area (Å²) in [5, 5.41) is 3.54. The molecule has 0 bridgehead atoms. The van der Waals surface area contributed by atoms with Crippen LogP contribution >= 0.6 is 0 Å². The van der Waals surface area contributed by atoms with Gasteiger partial charge in [0.25, 0.3) is 0 Å². The van der Waals surface area contributed by atoms with Gasteiger partial charge in [-0.3, -0.25) is 4.21 Å². The lowest BCUT2D eigenvalue weighted by molar-refractivity contribution is 0.628. The number of rotatable bonds is 0. The molecule has 1 aliphatic heterocycles. The second kappa shape index (κ2) is 8.17. The van der Waals surface area contributed by atoms with E-state index in [0.29, 0.717) is 5.25 Å². The summed E-state index contributed by atoms with van der Waals surface area (Å²) >= 11 is 0. The van der Waals surface area contributed by atoms with E-state index < -0.39 is 10.8 Å². The highest BCUT2D eigenvalue weighted by Crippen LogP contribution is 1.97. The summed E-state index contributed by atoms with van der Waals surface area (Å²) in [6, 6.07) is 0. The van der Waals surface area contributed by atoms with Crippen LogP contribution in [0.1, 0.15) is 20.8 Å². The molecule has 0 aliphatic carbocycles. The van der Waals surface area contributed by atoms with E-state index in [0.717, 1.165) is 18.8 Å². The molecule has 1 heterocycles. The van der Waals surface area contributed by atoms with Crippen LogP contribution in [0.15, 0.2) is 0 Å². The van der Waals surface area contributed by atoms with Gasteiger partial charge >= 0.3 is 0 Å². The molecule has 70 valence electrons. The predicted octanol–water partition coefficient (Wildman–Crippen LogP) is -0.0717. The van der Waals surface area contributed by atoms with E-state index in [4.69, 9.17) is 0 Å². The van der Waals surface area contributed by atoms with E-state index >= 15 is 0 Å². The topological polar surface area (TPSA) is 60.6 Å². The molecule has 11 heavy (non-hydrogen) atoms. The summed E-state index contributed by atoms with van der Waals surface area (Å²) in [6.07, 6.45) is 0. The molecule has 2 atom stereocenters. The van der Waals surface area contributed by atoms with Crippen molar-refractivity contribution in [1.82, 2.24) is 5.32 Å². The Balaban J connectivity index is 0. The Labute approximate surface area is 71.3 Å². The Morgan fingerprint density at radius 2 is 2.00 bits per heavy atom. The Hall–Kier alpha value is 0.0700. The lowest BCUT2D eigenvalue weighted by Crippen LogP contribution is -2.38. The molecule has 1 aliphatic rings. The van der Waals surface area contributed by atoms with E-state index in [1.807, 2.05) is 20.8 Å². The average Bonchev–Trinajstić information content (AvgIpc) is 2.00. The van der Waals surface area contributed by atoms with Gasteiger partial charge in [0.15, 0.2) is 0 Å². The molecule has 3 nitrogen and oxygen atoms in total. The third kappa shape index (κ3) is 5.35. The first kappa shape index (κ1) is 13.6. The zero-order chi connectivity index (χ0) is 7.98. The summed E-state index contributed by atoms with van der Waals surface area (Å²) in [7, 11) is -0.547. The molecule has 0 aromatic rings. The molecule has 0 aromatic carbocycles. The van der Waals surface area contributed by atoms with Crippen molar-refractivity contribution in [3.05, 3.63) is 0 Å². The van der Waals surface area contributed by atoms with E-state index in [1.165, 1.54) is 0 Å². The summed E-state index contributed by atoms with van der Waals surface area (Å²) in [6.45, 7) is 7.87. The molecular formula is C7H19NO2S. The Morgan fingerprint density at radius 1 is 1.45 bits per heavy atom. The molecule has 1 fully saturated rings. The zero-order valence-electron chi connectivity index (χ0n) is 7.52. The van der Waals surface area contributed by atoms with Crippen LogP contribution < -0.4 is 5.32 Å². The van der Waals surface area contributed by atoms with Crippen molar-refractivity contribution in [3.63, 3.8) is 0 Å². The number of nitrogens with one attached hydrogen (secondary N) is 1. The summed E-state index contributed by atoms with van der Waals surface area (Å²) in [5.74, 6) is 0.834. The van der Waals surface area contributed by atoms with Crippen molar-refractivity contribution in [3.8, 4) is 0 Å². The van der Waals surface area contributed by atoms with E-state index in [-0.39, 0.29) is 5.48 Å². The van der Waals surface area contributed by atoms with Crippen LogP contribution in [0.25, 0.3) is 0 Å². The Morgan fingerprint density at radius 3 is 2.27 bits per heavy atom. The van der Waals surface area contributed by atoms with Crippen LogP contribution in [-0.2, 0) is 10.8 Å². The fourth-order valence-electron chi connectivity index (χ4n) is 0.772. The van der Waals surface area contributed by atoms with Gasteiger partial charge in [-0.2, -0.15) is 0 Å². The minimum absolute atomic E-state index is 0. The van der Waals surface area contributed by atoms with Crippen molar-refractivity contribution in [2.45, 2.75) is 26.0 Å². The van der Waals surface area contributed by atoms with E-state index in [9.17, 15) is 4.21 Å². The Bertz CT molecular complexity index is 109. The molecule has 4 heteroatoms. The molecule has 0 radical (unpaired) electrons. The second-order valence-corrected chi connectivity index (χ2v) is 4.07. The highest BCUT2D eigenvalue weighted by molar-refractivity contribution is 7.85. The first-order valence-electron chi connectivity index (χ1n) is 3.88. The summed E-state index contributed by atoms with van der Waals surface area (Å²) < 4.78 is 10.9. The van der Waals surface area contributed by atoms with Crippen LogP contribution in [-0.4, -0.2) is 33.8 Å². The van der Waals surface area contributed by atoms with E-state index in [2.05, 4.69) is 5.32 Å². The minimum Gasteiger partial charge on any atom is -0.412 e. The largest absolute Gasteiger partial charge is 0.412 e. The van der Waals surface area contributed by atoms with Gasteiger partial charge in [0.05, 0.1) is 0 Å². The highest BCUT2D eigenvalue weighted by Gasteiger charge is 2.13. The van der Waals surface area contributed by atoms with Gasteiger partial charge in [-0.05, 0) is 6.92 Å². The fourth-order valence-corrected chi connectivity index (χ4v) is 1.82. The van der Waals surface area contributed by atoms with Gasteiger partial charge in [0, 0.05) is 34.9 Å². The highest BCUT2D eigenvalue weighted by atomic mass is 32.2. The van der Waals surface area contributed by atoms with Crippen LogP contribution in [0.5, 0.6) is 0 Å².